The van der Waals surface area contributed by atoms with Crippen LogP contribution in [0.5, 0.6) is 0 Å². The molecule has 0 atom stereocenters. The van der Waals surface area contributed by atoms with Gasteiger partial charge in [-0.2, -0.15) is 9.37 Å². The van der Waals surface area contributed by atoms with Crippen LogP contribution < -0.4 is 5.32 Å². The average Bonchev–Trinajstić information content (AvgIpc) is 2.36. The number of pyridine rings is 1. The molecule has 1 aromatic heterocycles. The van der Waals surface area contributed by atoms with Crippen molar-refractivity contribution in [3.05, 3.63) is 53.5 Å². The Balaban J connectivity index is 2.31. The van der Waals surface area contributed by atoms with E-state index in [1.54, 1.807) is 12.1 Å². The molecule has 100 valence electrons. The molecule has 2 aromatic rings. The maximum atomic E-state index is 13.4. The summed E-state index contributed by atoms with van der Waals surface area (Å²) in [6.45, 7) is 4.05. The summed E-state index contributed by atoms with van der Waals surface area (Å²) in [5, 5.41) is 2.64. The number of hydrogen-bond acceptors (Lipinski definition) is 2. The molecule has 0 fully saturated rings. The van der Waals surface area contributed by atoms with Gasteiger partial charge in [0.05, 0.1) is 0 Å². The second-order valence-electron chi connectivity index (χ2n) is 4.50. The Morgan fingerprint density at radius 3 is 2.47 bits per heavy atom. The Kier molecular flexibility index (Phi) is 3.74. The molecule has 5 heteroatoms. The zero-order valence-corrected chi connectivity index (χ0v) is 10.5. The molecule has 0 saturated heterocycles. The lowest BCUT2D eigenvalue weighted by Crippen LogP contribution is -2.02. The highest BCUT2D eigenvalue weighted by atomic mass is 19.2. The molecule has 1 N–H and O–H groups in total. The molecule has 1 heterocycles. The van der Waals surface area contributed by atoms with Gasteiger partial charge in [-0.1, -0.05) is 26.0 Å². The largest absolute Gasteiger partial charge is 0.338 e. The Labute approximate surface area is 109 Å². The number of aromatic nitrogens is 1. The smallest absolute Gasteiger partial charge is 0.251 e. The SMILES string of the molecule is CC(C)c1cccc(Nc2nc(F)c(F)cc2F)c1. The maximum absolute atomic E-state index is 13.4. The number of halogens is 3. The van der Waals surface area contributed by atoms with Crippen LogP contribution in [-0.2, 0) is 0 Å². The molecule has 0 saturated carbocycles. The van der Waals surface area contributed by atoms with E-state index in [1.165, 1.54) is 0 Å². The molecule has 0 bridgehead atoms. The Hall–Kier alpha value is -2.04. The van der Waals surface area contributed by atoms with Crippen LogP contribution in [-0.4, -0.2) is 4.98 Å². The molecule has 0 radical (unpaired) electrons. The number of nitrogens with zero attached hydrogens (tertiary/aromatic N) is 1. The van der Waals surface area contributed by atoms with Crippen molar-refractivity contribution < 1.29 is 13.2 Å². The van der Waals surface area contributed by atoms with E-state index in [2.05, 4.69) is 10.3 Å². The van der Waals surface area contributed by atoms with E-state index in [9.17, 15) is 13.2 Å². The lowest BCUT2D eigenvalue weighted by Gasteiger charge is -2.10. The van der Waals surface area contributed by atoms with Crippen molar-refractivity contribution >= 4 is 11.5 Å². The lowest BCUT2D eigenvalue weighted by atomic mass is 10.0. The molecule has 0 unspecified atom stereocenters. The summed E-state index contributed by atoms with van der Waals surface area (Å²) in [5.74, 6) is -3.60. The summed E-state index contributed by atoms with van der Waals surface area (Å²) >= 11 is 0. The van der Waals surface area contributed by atoms with Gasteiger partial charge in [-0.15, -0.1) is 0 Å². The van der Waals surface area contributed by atoms with Crippen molar-refractivity contribution in [3.8, 4) is 0 Å². The van der Waals surface area contributed by atoms with Crippen LogP contribution in [0.2, 0.25) is 0 Å². The van der Waals surface area contributed by atoms with Gasteiger partial charge < -0.3 is 5.32 Å². The van der Waals surface area contributed by atoms with E-state index in [0.29, 0.717) is 17.7 Å². The predicted molar refractivity (Wildman–Crippen MR) is 67.9 cm³/mol. The molecule has 2 nitrogen and oxygen atoms in total. The molecule has 0 amide bonds. The van der Waals surface area contributed by atoms with Crippen molar-refractivity contribution in [2.45, 2.75) is 19.8 Å². The molecule has 19 heavy (non-hydrogen) atoms. The zero-order chi connectivity index (χ0) is 14.0. The first-order valence-electron chi connectivity index (χ1n) is 5.86. The van der Waals surface area contributed by atoms with Crippen molar-refractivity contribution in [2.75, 3.05) is 5.32 Å². The second kappa shape index (κ2) is 5.30. The van der Waals surface area contributed by atoms with Crippen molar-refractivity contribution in [2.24, 2.45) is 0 Å². The molecule has 0 spiro atoms. The summed E-state index contributed by atoms with van der Waals surface area (Å²) in [4.78, 5) is 3.21. The molecular weight excluding hydrogens is 253 g/mol. The molecular formula is C14H13F3N2. The summed E-state index contributed by atoms with van der Waals surface area (Å²) in [7, 11) is 0. The normalized spacial score (nSPS) is 10.8. The minimum atomic E-state index is -1.33. The van der Waals surface area contributed by atoms with E-state index in [4.69, 9.17) is 0 Å². The van der Waals surface area contributed by atoms with Crippen molar-refractivity contribution in [1.29, 1.82) is 0 Å². The maximum Gasteiger partial charge on any atom is 0.251 e. The number of benzene rings is 1. The Morgan fingerprint density at radius 2 is 1.79 bits per heavy atom. The fraction of sp³-hybridized carbons (Fsp3) is 0.214. The predicted octanol–water partition coefficient (Wildman–Crippen LogP) is 4.37. The average molecular weight is 266 g/mol. The summed E-state index contributed by atoms with van der Waals surface area (Å²) < 4.78 is 39.2. The fourth-order valence-electron chi connectivity index (χ4n) is 1.64. The highest BCUT2D eigenvalue weighted by Gasteiger charge is 2.12. The molecule has 1 aromatic carbocycles. The summed E-state index contributed by atoms with van der Waals surface area (Å²) in [5.41, 5.74) is 1.62. The van der Waals surface area contributed by atoms with E-state index in [1.807, 2.05) is 26.0 Å². The quantitative estimate of drug-likeness (QED) is 0.834. The monoisotopic (exact) mass is 266 g/mol. The minimum Gasteiger partial charge on any atom is -0.338 e. The van der Waals surface area contributed by atoms with Crippen LogP contribution in [0.3, 0.4) is 0 Å². The van der Waals surface area contributed by atoms with E-state index >= 15 is 0 Å². The van der Waals surface area contributed by atoms with Crippen LogP contribution >= 0.6 is 0 Å². The van der Waals surface area contributed by atoms with Gasteiger partial charge in [-0.25, -0.2) is 8.78 Å². The van der Waals surface area contributed by atoms with Gasteiger partial charge in [0.1, 0.15) is 0 Å². The third kappa shape index (κ3) is 3.05. The zero-order valence-electron chi connectivity index (χ0n) is 10.5. The van der Waals surface area contributed by atoms with Gasteiger partial charge in [-0.3, -0.25) is 0 Å². The highest BCUT2D eigenvalue weighted by Crippen LogP contribution is 2.23. The van der Waals surface area contributed by atoms with Gasteiger partial charge in [0.15, 0.2) is 17.5 Å². The standard InChI is InChI=1S/C14H13F3N2/c1-8(2)9-4-3-5-10(6-9)18-14-12(16)7-11(15)13(17)19-14/h3-8H,1-2H3,(H,18,19). The summed E-state index contributed by atoms with van der Waals surface area (Å²) in [6, 6.07) is 7.72. The van der Waals surface area contributed by atoms with Crippen LogP contribution in [0, 0.1) is 17.6 Å². The van der Waals surface area contributed by atoms with E-state index in [-0.39, 0.29) is 5.82 Å². The number of rotatable bonds is 3. The topological polar surface area (TPSA) is 24.9 Å². The molecule has 0 aliphatic rings. The Morgan fingerprint density at radius 1 is 1.05 bits per heavy atom. The first-order valence-corrected chi connectivity index (χ1v) is 5.86. The Bertz CT molecular complexity index is 597. The summed E-state index contributed by atoms with van der Waals surface area (Å²) in [6.07, 6.45) is 0. The first-order chi connectivity index (χ1) is 8.97. The number of nitrogens with one attached hydrogen (secondary N) is 1. The van der Waals surface area contributed by atoms with Gasteiger partial charge in [0.25, 0.3) is 5.95 Å². The lowest BCUT2D eigenvalue weighted by molar-refractivity contribution is 0.467. The third-order valence-electron chi connectivity index (χ3n) is 2.70. The number of hydrogen-bond donors (Lipinski definition) is 1. The first kappa shape index (κ1) is 13.4. The van der Waals surface area contributed by atoms with Gasteiger partial charge in [-0.05, 0) is 23.6 Å². The fourth-order valence-corrected chi connectivity index (χ4v) is 1.64. The second-order valence-corrected chi connectivity index (χ2v) is 4.50. The van der Waals surface area contributed by atoms with Crippen molar-refractivity contribution in [3.63, 3.8) is 0 Å². The highest BCUT2D eigenvalue weighted by molar-refractivity contribution is 5.57. The van der Waals surface area contributed by atoms with Crippen molar-refractivity contribution in [1.82, 2.24) is 4.98 Å². The van der Waals surface area contributed by atoms with E-state index in [0.717, 1.165) is 5.56 Å². The van der Waals surface area contributed by atoms with E-state index < -0.39 is 17.6 Å². The molecule has 2 rings (SSSR count). The van der Waals surface area contributed by atoms with Crippen LogP contribution in [0.15, 0.2) is 30.3 Å². The van der Waals surface area contributed by atoms with Gasteiger partial charge in [0, 0.05) is 11.8 Å². The van der Waals surface area contributed by atoms with Crippen LogP contribution in [0.4, 0.5) is 24.7 Å². The third-order valence-corrected chi connectivity index (χ3v) is 2.70. The molecule has 0 aliphatic heterocycles. The van der Waals surface area contributed by atoms with Crippen LogP contribution in [0.1, 0.15) is 25.3 Å². The van der Waals surface area contributed by atoms with Crippen LogP contribution in [0.25, 0.3) is 0 Å². The number of anilines is 2. The molecule has 0 aliphatic carbocycles. The minimum absolute atomic E-state index is 0.310. The van der Waals surface area contributed by atoms with Gasteiger partial charge >= 0.3 is 0 Å². The van der Waals surface area contributed by atoms with Gasteiger partial charge in [0.2, 0.25) is 0 Å².